The van der Waals surface area contributed by atoms with Gasteiger partial charge < -0.3 is 10.2 Å². The van der Waals surface area contributed by atoms with Gasteiger partial charge in [0.25, 0.3) is 5.91 Å². The molecule has 4 nitrogen and oxygen atoms in total. The number of carbonyl (C=O) groups is 2. The molecule has 1 N–H and O–H groups in total. The minimum Gasteiger partial charge on any atom is -0.329 e. The second-order valence-electron chi connectivity index (χ2n) is 6.58. The molecule has 0 fully saturated rings. The van der Waals surface area contributed by atoms with E-state index in [1.165, 1.54) is 40.5 Å². The number of nitrogens with one attached hydrogen (secondary N) is 1. The third-order valence-corrected chi connectivity index (χ3v) is 5.58. The van der Waals surface area contributed by atoms with Crippen molar-refractivity contribution in [3.05, 3.63) is 76.9 Å². The maximum absolute atomic E-state index is 13.1. The lowest BCUT2D eigenvalue weighted by molar-refractivity contribution is -0.137. The summed E-state index contributed by atoms with van der Waals surface area (Å²) in [6.07, 6.45) is -4.61. The molecule has 31 heavy (non-hydrogen) atoms. The van der Waals surface area contributed by atoms with E-state index in [0.717, 1.165) is 22.6 Å². The number of carbonyl (C=O) groups excluding carboxylic acids is 2. The van der Waals surface area contributed by atoms with Gasteiger partial charge in [-0.15, -0.1) is 11.3 Å². The van der Waals surface area contributed by atoms with Crippen LogP contribution in [0.3, 0.4) is 0 Å². The van der Waals surface area contributed by atoms with Crippen LogP contribution in [0.1, 0.15) is 22.2 Å². The van der Waals surface area contributed by atoms with E-state index >= 15 is 0 Å². The topological polar surface area (TPSA) is 49.4 Å². The van der Waals surface area contributed by atoms with Crippen molar-refractivity contribution in [3.63, 3.8) is 0 Å². The van der Waals surface area contributed by atoms with Crippen LogP contribution in [0.5, 0.6) is 0 Å². The molecular formula is C22H18F4N2O2S. The van der Waals surface area contributed by atoms with Crippen molar-refractivity contribution in [2.45, 2.75) is 13.1 Å². The Kier molecular flexibility index (Phi) is 6.74. The number of anilines is 1. The van der Waals surface area contributed by atoms with Gasteiger partial charge in [-0.05, 0) is 48.9 Å². The molecule has 0 unspecified atom stereocenters. The van der Waals surface area contributed by atoms with Crippen LogP contribution in [0.4, 0.5) is 23.2 Å². The summed E-state index contributed by atoms with van der Waals surface area (Å²) < 4.78 is 52.4. The standard InChI is InChI=1S/C22H18F4N2O2S/c1-2-28(13-20(29)27-17-6-4-3-5-16(17)22(24,25)26)21(30)19-12-11-18(31-19)14-7-9-15(23)10-8-14/h3-12H,2,13H2,1H3,(H,27,29). The van der Waals surface area contributed by atoms with E-state index in [2.05, 4.69) is 5.32 Å². The quantitative estimate of drug-likeness (QED) is 0.492. The van der Waals surface area contributed by atoms with Gasteiger partial charge >= 0.3 is 6.18 Å². The highest BCUT2D eigenvalue weighted by atomic mass is 32.1. The monoisotopic (exact) mass is 450 g/mol. The summed E-state index contributed by atoms with van der Waals surface area (Å²) in [5, 5.41) is 2.24. The molecule has 0 saturated carbocycles. The summed E-state index contributed by atoms with van der Waals surface area (Å²) >= 11 is 1.19. The van der Waals surface area contributed by atoms with E-state index in [1.54, 1.807) is 31.2 Å². The second-order valence-corrected chi connectivity index (χ2v) is 7.67. The van der Waals surface area contributed by atoms with Crippen molar-refractivity contribution in [2.75, 3.05) is 18.4 Å². The number of rotatable bonds is 6. The van der Waals surface area contributed by atoms with Crippen LogP contribution >= 0.6 is 11.3 Å². The molecule has 3 aromatic rings. The van der Waals surface area contributed by atoms with Gasteiger partial charge in [0.05, 0.1) is 16.1 Å². The van der Waals surface area contributed by atoms with Crippen LogP contribution in [0.2, 0.25) is 0 Å². The molecule has 162 valence electrons. The van der Waals surface area contributed by atoms with Crippen LogP contribution < -0.4 is 5.32 Å². The Labute approximate surface area is 180 Å². The molecule has 0 bridgehead atoms. The van der Waals surface area contributed by atoms with Gasteiger partial charge in [0.15, 0.2) is 0 Å². The molecule has 2 amide bonds. The first kappa shape index (κ1) is 22.5. The fraction of sp³-hybridized carbons (Fsp3) is 0.182. The Bertz CT molecular complexity index is 1080. The van der Waals surface area contributed by atoms with Gasteiger partial charge in [-0.1, -0.05) is 24.3 Å². The highest BCUT2D eigenvalue weighted by Gasteiger charge is 2.33. The number of nitrogens with zero attached hydrogens (tertiary/aromatic N) is 1. The Balaban J connectivity index is 1.71. The van der Waals surface area contributed by atoms with Gasteiger partial charge in [-0.2, -0.15) is 13.2 Å². The van der Waals surface area contributed by atoms with E-state index in [1.807, 2.05) is 0 Å². The lowest BCUT2D eigenvalue weighted by Gasteiger charge is -2.20. The van der Waals surface area contributed by atoms with Crippen LogP contribution in [0.15, 0.2) is 60.7 Å². The number of halogens is 4. The Hall–Kier alpha value is -3.20. The summed E-state index contributed by atoms with van der Waals surface area (Å²) in [6.45, 7) is 1.46. The number of alkyl halides is 3. The molecule has 0 radical (unpaired) electrons. The predicted octanol–water partition coefficient (Wildman–Crippen LogP) is 5.67. The minimum atomic E-state index is -4.61. The lowest BCUT2D eigenvalue weighted by Crippen LogP contribution is -2.37. The molecule has 9 heteroatoms. The summed E-state index contributed by atoms with van der Waals surface area (Å²) in [7, 11) is 0. The molecular weight excluding hydrogens is 432 g/mol. The molecule has 3 rings (SSSR count). The number of amides is 2. The normalized spacial score (nSPS) is 11.3. The number of para-hydroxylation sites is 1. The first-order chi connectivity index (χ1) is 14.7. The molecule has 1 heterocycles. The maximum atomic E-state index is 13.1. The summed E-state index contributed by atoms with van der Waals surface area (Å²) in [4.78, 5) is 27.5. The van der Waals surface area contributed by atoms with Crippen molar-refractivity contribution >= 4 is 28.8 Å². The molecule has 0 aliphatic carbocycles. The minimum absolute atomic E-state index is 0.191. The van der Waals surface area contributed by atoms with Crippen molar-refractivity contribution in [1.82, 2.24) is 4.90 Å². The van der Waals surface area contributed by atoms with Gasteiger partial charge in [-0.3, -0.25) is 9.59 Å². The fourth-order valence-corrected chi connectivity index (χ4v) is 3.89. The Morgan fingerprint density at radius 1 is 1.00 bits per heavy atom. The SMILES string of the molecule is CCN(CC(=O)Nc1ccccc1C(F)(F)F)C(=O)c1ccc(-c2ccc(F)cc2)s1. The van der Waals surface area contributed by atoms with Gasteiger partial charge in [0, 0.05) is 11.4 Å². The molecule has 2 aromatic carbocycles. The van der Waals surface area contributed by atoms with Gasteiger partial charge in [-0.25, -0.2) is 4.39 Å². The average molecular weight is 450 g/mol. The first-order valence-corrected chi connectivity index (χ1v) is 10.1. The van der Waals surface area contributed by atoms with Gasteiger partial charge in [0.1, 0.15) is 12.4 Å². The molecule has 0 saturated heterocycles. The zero-order valence-electron chi connectivity index (χ0n) is 16.4. The number of benzene rings is 2. The Morgan fingerprint density at radius 3 is 2.32 bits per heavy atom. The van der Waals surface area contributed by atoms with E-state index in [9.17, 15) is 27.2 Å². The lowest BCUT2D eigenvalue weighted by atomic mass is 10.1. The number of hydrogen-bond acceptors (Lipinski definition) is 3. The maximum Gasteiger partial charge on any atom is 0.418 e. The third-order valence-electron chi connectivity index (χ3n) is 4.46. The third kappa shape index (κ3) is 5.49. The van der Waals surface area contributed by atoms with Crippen LogP contribution in [0.25, 0.3) is 10.4 Å². The molecule has 0 aliphatic heterocycles. The van der Waals surface area contributed by atoms with Crippen LogP contribution in [0, 0.1) is 5.82 Å². The van der Waals surface area contributed by atoms with E-state index in [4.69, 9.17) is 0 Å². The zero-order valence-corrected chi connectivity index (χ0v) is 17.2. The number of hydrogen-bond donors (Lipinski definition) is 1. The zero-order chi connectivity index (χ0) is 22.6. The van der Waals surface area contributed by atoms with Crippen LogP contribution in [-0.2, 0) is 11.0 Å². The number of thiophene rings is 1. The van der Waals surface area contributed by atoms with Crippen molar-refractivity contribution in [3.8, 4) is 10.4 Å². The van der Waals surface area contributed by atoms with Crippen molar-refractivity contribution in [1.29, 1.82) is 0 Å². The summed E-state index contributed by atoms with van der Waals surface area (Å²) in [5.74, 6) is -1.52. The summed E-state index contributed by atoms with van der Waals surface area (Å²) in [6, 6.07) is 13.8. The van der Waals surface area contributed by atoms with Crippen LogP contribution in [-0.4, -0.2) is 29.8 Å². The average Bonchev–Trinajstić information content (AvgIpc) is 3.22. The molecule has 1 aromatic heterocycles. The second kappa shape index (κ2) is 9.30. The van der Waals surface area contributed by atoms with Crippen molar-refractivity contribution < 1.29 is 27.2 Å². The molecule has 0 spiro atoms. The largest absolute Gasteiger partial charge is 0.418 e. The molecule has 0 atom stereocenters. The van der Waals surface area contributed by atoms with Gasteiger partial charge in [0.2, 0.25) is 5.91 Å². The predicted molar refractivity (Wildman–Crippen MR) is 111 cm³/mol. The van der Waals surface area contributed by atoms with Crippen molar-refractivity contribution in [2.24, 2.45) is 0 Å². The van der Waals surface area contributed by atoms with E-state index < -0.39 is 30.1 Å². The highest BCUT2D eigenvalue weighted by molar-refractivity contribution is 7.17. The highest BCUT2D eigenvalue weighted by Crippen LogP contribution is 2.34. The first-order valence-electron chi connectivity index (χ1n) is 9.30. The smallest absolute Gasteiger partial charge is 0.329 e. The number of likely N-dealkylation sites (N-methyl/N-ethyl adjacent to an activating group) is 1. The Morgan fingerprint density at radius 2 is 1.68 bits per heavy atom. The summed E-state index contributed by atoms with van der Waals surface area (Å²) in [5.41, 5.74) is -0.576. The molecule has 0 aliphatic rings. The van der Waals surface area contributed by atoms with E-state index in [0.29, 0.717) is 4.88 Å². The fourth-order valence-electron chi connectivity index (χ4n) is 2.91. The van der Waals surface area contributed by atoms with E-state index in [-0.39, 0.29) is 18.0 Å².